The molecule has 0 aromatic heterocycles. The predicted molar refractivity (Wildman–Crippen MR) is 124 cm³/mol. The van der Waals surface area contributed by atoms with Crippen LogP contribution in [0, 0.1) is 0 Å². The maximum absolute atomic E-state index is 13.1. The van der Waals surface area contributed by atoms with E-state index in [1.54, 1.807) is 12.1 Å². The molecule has 4 rings (SSSR count). The van der Waals surface area contributed by atoms with Gasteiger partial charge in [0.1, 0.15) is 13.2 Å². The molecule has 0 saturated carbocycles. The highest BCUT2D eigenvalue weighted by molar-refractivity contribution is 7.89. The van der Waals surface area contributed by atoms with Gasteiger partial charge in [0, 0.05) is 43.8 Å². The highest BCUT2D eigenvalue weighted by atomic mass is 35.5. The van der Waals surface area contributed by atoms with E-state index in [4.69, 9.17) is 25.8 Å². The number of ether oxygens (including phenoxy) is 3. The Morgan fingerprint density at radius 1 is 1.03 bits per heavy atom. The van der Waals surface area contributed by atoms with Crippen LogP contribution in [0.3, 0.4) is 0 Å². The SMILES string of the molecule is C[C@@H](OC[C@@H](O)CN1CCN(S(=O)(=O)c2ccc3c(c2)OCCO3)CC1)c1ccc(Cl)cc1. The first-order chi connectivity index (χ1) is 15.8. The van der Waals surface area contributed by atoms with Crippen LogP contribution < -0.4 is 9.47 Å². The standard InChI is InChI=1S/C23H29ClN2O6S/c1-17(18-2-4-19(24)5-3-18)32-16-20(27)15-25-8-10-26(11-9-25)33(28,29)21-6-7-22-23(14-21)31-13-12-30-22/h2-7,14,17,20,27H,8-13,15-16H2,1H3/t17-,20+/m1/s1. The first-order valence-electron chi connectivity index (χ1n) is 11.0. The zero-order valence-corrected chi connectivity index (χ0v) is 20.1. The minimum Gasteiger partial charge on any atom is -0.486 e. The molecule has 2 heterocycles. The van der Waals surface area contributed by atoms with Crippen LogP contribution in [0.15, 0.2) is 47.4 Å². The van der Waals surface area contributed by atoms with Gasteiger partial charge in [0.15, 0.2) is 11.5 Å². The van der Waals surface area contributed by atoms with Crippen LogP contribution in [-0.4, -0.2) is 81.4 Å². The number of halogens is 1. The summed E-state index contributed by atoms with van der Waals surface area (Å²) in [4.78, 5) is 2.25. The molecule has 180 valence electrons. The van der Waals surface area contributed by atoms with Crippen LogP contribution in [0.1, 0.15) is 18.6 Å². The molecular formula is C23H29ClN2O6S. The highest BCUT2D eigenvalue weighted by Crippen LogP contribution is 2.33. The third kappa shape index (κ3) is 5.98. The fraction of sp³-hybridized carbons (Fsp3) is 0.478. The van der Waals surface area contributed by atoms with Crippen LogP contribution in [0.4, 0.5) is 0 Å². The second kappa shape index (κ2) is 10.6. The molecule has 33 heavy (non-hydrogen) atoms. The maximum Gasteiger partial charge on any atom is 0.243 e. The molecule has 0 amide bonds. The summed E-state index contributed by atoms with van der Waals surface area (Å²) in [7, 11) is -3.63. The van der Waals surface area contributed by atoms with E-state index in [-0.39, 0.29) is 17.6 Å². The number of hydrogen-bond donors (Lipinski definition) is 1. The number of piperazine rings is 1. The van der Waals surface area contributed by atoms with Gasteiger partial charge in [0.2, 0.25) is 10.0 Å². The molecule has 0 aliphatic carbocycles. The van der Waals surface area contributed by atoms with E-state index < -0.39 is 16.1 Å². The van der Waals surface area contributed by atoms with Gasteiger partial charge < -0.3 is 19.3 Å². The highest BCUT2D eigenvalue weighted by Gasteiger charge is 2.30. The minimum atomic E-state index is -3.63. The molecule has 0 spiro atoms. The van der Waals surface area contributed by atoms with Gasteiger partial charge in [-0.15, -0.1) is 0 Å². The topological polar surface area (TPSA) is 88.5 Å². The van der Waals surface area contributed by atoms with Crippen molar-refractivity contribution in [3.8, 4) is 11.5 Å². The number of β-amino-alcohol motifs (C(OH)–C–C–N with tert-alkyl or cyclic N) is 1. The number of sulfonamides is 1. The monoisotopic (exact) mass is 496 g/mol. The van der Waals surface area contributed by atoms with Crippen molar-refractivity contribution >= 4 is 21.6 Å². The van der Waals surface area contributed by atoms with E-state index in [1.165, 1.54) is 10.4 Å². The molecular weight excluding hydrogens is 468 g/mol. The van der Waals surface area contributed by atoms with Gasteiger partial charge in [-0.2, -0.15) is 4.31 Å². The molecule has 10 heteroatoms. The summed E-state index contributed by atoms with van der Waals surface area (Å²) in [6, 6.07) is 12.1. The van der Waals surface area contributed by atoms with E-state index >= 15 is 0 Å². The lowest BCUT2D eigenvalue weighted by atomic mass is 10.1. The number of rotatable bonds is 8. The van der Waals surface area contributed by atoms with Gasteiger partial charge in [0.25, 0.3) is 0 Å². The summed E-state index contributed by atoms with van der Waals surface area (Å²) in [5.41, 5.74) is 0.990. The van der Waals surface area contributed by atoms with E-state index in [0.717, 1.165) is 5.56 Å². The van der Waals surface area contributed by atoms with Gasteiger partial charge in [-0.3, -0.25) is 4.90 Å². The molecule has 2 atom stereocenters. The Hall–Kier alpha value is -1.88. The Labute approximate surface area is 199 Å². The zero-order chi connectivity index (χ0) is 23.4. The third-order valence-corrected chi connectivity index (χ3v) is 7.98. The number of nitrogens with zero attached hydrogens (tertiary/aromatic N) is 2. The summed E-state index contributed by atoms with van der Waals surface area (Å²) < 4.78 is 44.4. The molecule has 8 nitrogen and oxygen atoms in total. The lowest BCUT2D eigenvalue weighted by Gasteiger charge is -2.35. The Balaban J connectivity index is 1.25. The Morgan fingerprint density at radius 3 is 2.39 bits per heavy atom. The molecule has 1 fully saturated rings. The quantitative estimate of drug-likeness (QED) is 0.600. The van der Waals surface area contributed by atoms with Gasteiger partial charge in [-0.25, -0.2) is 8.42 Å². The fourth-order valence-electron chi connectivity index (χ4n) is 3.92. The fourth-order valence-corrected chi connectivity index (χ4v) is 5.49. The predicted octanol–water partition coefficient (Wildman–Crippen LogP) is 2.56. The van der Waals surface area contributed by atoms with Crippen molar-refractivity contribution < 1.29 is 27.7 Å². The molecule has 0 bridgehead atoms. The van der Waals surface area contributed by atoms with Crippen LogP contribution >= 0.6 is 11.6 Å². The van der Waals surface area contributed by atoms with Gasteiger partial charge in [-0.05, 0) is 36.8 Å². The van der Waals surface area contributed by atoms with Crippen LogP contribution in [0.5, 0.6) is 11.5 Å². The van der Waals surface area contributed by atoms with Crippen molar-refractivity contribution in [2.24, 2.45) is 0 Å². The average Bonchev–Trinajstić information content (AvgIpc) is 2.83. The lowest BCUT2D eigenvalue weighted by Crippen LogP contribution is -2.50. The number of benzene rings is 2. The Kier molecular flexibility index (Phi) is 7.78. The molecule has 2 aromatic carbocycles. The van der Waals surface area contributed by atoms with Crippen LogP contribution in [0.25, 0.3) is 0 Å². The van der Waals surface area contributed by atoms with Crippen LogP contribution in [-0.2, 0) is 14.8 Å². The lowest BCUT2D eigenvalue weighted by molar-refractivity contribution is -0.0186. The smallest absolute Gasteiger partial charge is 0.243 e. The zero-order valence-electron chi connectivity index (χ0n) is 18.5. The van der Waals surface area contributed by atoms with Gasteiger partial charge in [0.05, 0.1) is 23.7 Å². The molecule has 2 aromatic rings. The summed E-state index contributed by atoms with van der Waals surface area (Å²) in [6.45, 7) is 5.18. The number of fused-ring (bicyclic) bond motifs is 1. The summed E-state index contributed by atoms with van der Waals surface area (Å²) in [6.07, 6.45) is -0.828. The van der Waals surface area contributed by atoms with Gasteiger partial charge in [-0.1, -0.05) is 23.7 Å². The minimum absolute atomic E-state index is 0.162. The van der Waals surface area contributed by atoms with Crippen molar-refractivity contribution in [2.75, 3.05) is 52.5 Å². The average molecular weight is 497 g/mol. The Bertz CT molecular complexity index is 1040. The van der Waals surface area contributed by atoms with Gasteiger partial charge >= 0.3 is 0 Å². The number of aliphatic hydroxyl groups excluding tert-OH is 1. The second-order valence-corrected chi connectivity index (χ2v) is 10.6. The molecule has 2 aliphatic heterocycles. The molecule has 2 aliphatic rings. The normalized spacial score (nSPS) is 19.2. The largest absolute Gasteiger partial charge is 0.486 e. The summed E-state index contributed by atoms with van der Waals surface area (Å²) >= 11 is 5.92. The van der Waals surface area contributed by atoms with Crippen LogP contribution in [0.2, 0.25) is 5.02 Å². The van der Waals surface area contributed by atoms with Crippen molar-refractivity contribution in [1.82, 2.24) is 9.21 Å². The molecule has 1 saturated heterocycles. The molecule has 0 unspecified atom stereocenters. The van der Waals surface area contributed by atoms with E-state index in [1.807, 2.05) is 31.2 Å². The van der Waals surface area contributed by atoms with E-state index in [2.05, 4.69) is 4.90 Å². The van der Waals surface area contributed by atoms with Crippen molar-refractivity contribution in [3.05, 3.63) is 53.1 Å². The van der Waals surface area contributed by atoms with Crippen molar-refractivity contribution in [3.63, 3.8) is 0 Å². The first kappa shape index (κ1) is 24.3. The molecule has 1 N–H and O–H groups in total. The van der Waals surface area contributed by atoms with Crippen molar-refractivity contribution in [2.45, 2.75) is 24.0 Å². The third-order valence-electron chi connectivity index (χ3n) is 5.83. The van der Waals surface area contributed by atoms with Crippen molar-refractivity contribution in [1.29, 1.82) is 0 Å². The molecule has 0 radical (unpaired) electrons. The Morgan fingerprint density at radius 2 is 1.70 bits per heavy atom. The second-order valence-electron chi connectivity index (χ2n) is 8.19. The number of hydrogen-bond acceptors (Lipinski definition) is 7. The number of aliphatic hydroxyl groups is 1. The summed E-state index contributed by atoms with van der Waals surface area (Å²) in [5, 5.41) is 11.1. The van der Waals surface area contributed by atoms with E-state index in [9.17, 15) is 13.5 Å². The summed E-state index contributed by atoms with van der Waals surface area (Å²) in [5.74, 6) is 1.02. The first-order valence-corrected chi connectivity index (χ1v) is 12.8. The van der Waals surface area contributed by atoms with E-state index in [0.29, 0.717) is 62.5 Å². The maximum atomic E-state index is 13.1.